The van der Waals surface area contributed by atoms with E-state index in [-0.39, 0.29) is 28.6 Å². The van der Waals surface area contributed by atoms with Gasteiger partial charge in [0.15, 0.2) is 6.61 Å². The molecule has 2 atom stereocenters. The monoisotopic (exact) mass is 437 g/mol. The first-order chi connectivity index (χ1) is 12.9. The predicted molar refractivity (Wildman–Crippen MR) is 103 cm³/mol. The van der Waals surface area contributed by atoms with Crippen LogP contribution in [0.5, 0.6) is 0 Å². The number of hydrogen-bond acceptors (Lipinski definition) is 3. The van der Waals surface area contributed by atoms with Crippen molar-refractivity contribution in [2.24, 2.45) is 17.3 Å². The van der Waals surface area contributed by atoms with Gasteiger partial charge in [-0.2, -0.15) is 0 Å². The topological polar surface area (TPSA) is 55.4 Å². The van der Waals surface area contributed by atoms with E-state index in [9.17, 15) is 14.0 Å². The maximum absolute atomic E-state index is 12.9. The van der Waals surface area contributed by atoms with Crippen LogP contribution in [0.1, 0.15) is 44.1 Å². The van der Waals surface area contributed by atoms with Crippen molar-refractivity contribution < 1.29 is 18.7 Å². The zero-order valence-electron chi connectivity index (χ0n) is 15.3. The average Bonchev–Trinajstić information content (AvgIpc) is 2.59. The van der Waals surface area contributed by atoms with Crippen LogP contribution in [0.3, 0.4) is 0 Å². The Labute approximate surface area is 167 Å². The molecule has 4 nitrogen and oxygen atoms in total. The van der Waals surface area contributed by atoms with Crippen molar-refractivity contribution in [3.8, 4) is 0 Å². The molecular weight excluding hydrogens is 413 g/mol. The number of amides is 1. The third-order valence-electron chi connectivity index (χ3n) is 6.41. The summed E-state index contributed by atoms with van der Waals surface area (Å²) in [4.78, 5) is 24.8. The summed E-state index contributed by atoms with van der Waals surface area (Å²) in [7, 11) is 0. The van der Waals surface area contributed by atoms with E-state index in [0.717, 1.165) is 37.7 Å². The van der Waals surface area contributed by atoms with E-state index >= 15 is 0 Å². The number of hydrogen-bond donors (Lipinski definition) is 1. The Morgan fingerprint density at radius 2 is 1.81 bits per heavy atom. The number of carbonyl (C=O) groups excluding carboxylic acids is 2. The third-order valence-corrected chi connectivity index (χ3v) is 7.33. The normalized spacial score (nSPS) is 33.7. The van der Waals surface area contributed by atoms with Gasteiger partial charge in [-0.25, -0.2) is 4.39 Å². The van der Waals surface area contributed by atoms with E-state index in [1.807, 2.05) is 0 Å². The molecule has 2 unspecified atom stereocenters. The molecule has 0 heterocycles. The molecule has 0 aliphatic heterocycles. The Morgan fingerprint density at radius 3 is 2.44 bits per heavy atom. The minimum atomic E-state index is -0.401. The first-order valence-electron chi connectivity index (χ1n) is 9.73. The predicted octanol–water partition coefficient (Wildman–Crippen LogP) is 3.76. The number of alkyl halides is 1. The molecule has 5 rings (SSSR count). The van der Waals surface area contributed by atoms with Crippen LogP contribution in [0.25, 0.3) is 0 Å². The molecule has 1 aromatic carbocycles. The Bertz CT molecular complexity index is 721. The van der Waals surface area contributed by atoms with Crippen LogP contribution in [0.15, 0.2) is 24.3 Å². The summed E-state index contributed by atoms with van der Waals surface area (Å²) in [5.41, 5.74) is 0.548. The van der Waals surface area contributed by atoms with E-state index in [2.05, 4.69) is 21.2 Å². The lowest BCUT2D eigenvalue weighted by molar-refractivity contribution is -0.171. The van der Waals surface area contributed by atoms with Crippen LogP contribution in [0.2, 0.25) is 0 Å². The molecule has 6 heteroatoms. The van der Waals surface area contributed by atoms with E-state index in [1.165, 1.54) is 18.6 Å². The third kappa shape index (κ3) is 4.05. The summed E-state index contributed by atoms with van der Waals surface area (Å²) >= 11 is 3.89. The number of halogens is 2. The molecule has 0 aromatic heterocycles. The zero-order chi connectivity index (χ0) is 19.1. The fourth-order valence-electron chi connectivity index (χ4n) is 5.72. The average molecular weight is 438 g/mol. The molecule has 0 saturated heterocycles. The van der Waals surface area contributed by atoms with Gasteiger partial charge in [0.2, 0.25) is 0 Å². The fraction of sp³-hybridized carbons (Fsp3) is 0.619. The molecular formula is C21H25BrFNO3. The smallest absolute Gasteiger partial charge is 0.312 e. The number of ether oxygens (including phenoxy) is 1. The molecule has 1 amide bonds. The van der Waals surface area contributed by atoms with Crippen molar-refractivity contribution in [2.75, 3.05) is 13.2 Å². The highest BCUT2D eigenvalue weighted by atomic mass is 79.9. The Kier molecular flexibility index (Phi) is 5.04. The highest BCUT2D eigenvalue weighted by Crippen LogP contribution is 2.64. The van der Waals surface area contributed by atoms with Gasteiger partial charge in [-0.3, -0.25) is 9.59 Å². The first kappa shape index (κ1) is 18.9. The fourth-order valence-corrected chi connectivity index (χ4v) is 7.17. The van der Waals surface area contributed by atoms with Gasteiger partial charge >= 0.3 is 5.97 Å². The minimum Gasteiger partial charge on any atom is -0.455 e. The molecule has 4 aliphatic carbocycles. The highest BCUT2D eigenvalue weighted by molar-refractivity contribution is 9.10. The van der Waals surface area contributed by atoms with Crippen LogP contribution in [-0.4, -0.2) is 29.4 Å². The summed E-state index contributed by atoms with van der Waals surface area (Å²) in [6.45, 7) is 0.205. The first-order valence-corrected chi connectivity index (χ1v) is 10.5. The van der Waals surface area contributed by atoms with E-state index < -0.39 is 5.41 Å². The lowest BCUT2D eigenvalue weighted by Gasteiger charge is -2.58. The van der Waals surface area contributed by atoms with Crippen molar-refractivity contribution in [2.45, 2.75) is 49.3 Å². The van der Waals surface area contributed by atoms with Crippen LogP contribution < -0.4 is 5.32 Å². The number of rotatable bonds is 6. The molecule has 1 N–H and O–H groups in total. The Morgan fingerprint density at radius 1 is 1.15 bits per heavy atom. The summed E-state index contributed by atoms with van der Waals surface area (Å²) in [6.07, 6.45) is 6.79. The van der Waals surface area contributed by atoms with Crippen molar-refractivity contribution in [3.05, 3.63) is 35.6 Å². The molecule has 0 radical (unpaired) electrons. The van der Waals surface area contributed by atoms with Gasteiger partial charge < -0.3 is 10.1 Å². The van der Waals surface area contributed by atoms with E-state index in [1.54, 1.807) is 12.1 Å². The maximum atomic E-state index is 12.9. The van der Waals surface area contributed by atoms with Crippen molar-refractivity contribution >= 4 is 27.8 Å². The van der Waals surface area contributed by atoms with Gasteiger partial charge in [-0.05, 0) is 74.5 Å². The van der Waals surface area contributed by atoms with E-state index in [4.69, 9.17) is 4.74 Å². The standard InChI is InChI=1S/C21H25BrFNO3/c22-21-10-15-7-16(11-21)9-20(8-15,13-21)19(26)27-12-18(25)24-6-5-14-1-3-17(23)4-2-14/h1-4,15-16H,5-13H2,(H,24,25). The summed E-state index contributed by atoms with van der Waals surface area (Å²) in [6, 6.07) is 6.21. The molecule has 27 heavy (non-hydrogen) atoms. The highest BCUT2D eigenvalue weighted by Gasteiger charge is 2.60. The van der Waals surface area contributed by atoms with Crippen LogP contribution >= 0.6 is 15.9 Å². The quantitative estimate of drug-likeness (QED) is 0.544. The van der Waals surface area contributed by atoms with Crippen LogP contribution in [0, 0.1) is 23.1 Å². The van der Waals surface area contributed by atoms with Gasteiger partial charge in [-0.15, -0.1) is 0 Å². The lowest BCUT2D eigenvalue weighted by Crippen LogP contribution is -2.56. The summed E-state index contributed by atoms with van der Waals surface area (Å²) < 4.78 is 18.4. The van der Waals surface area contributed by atoms with Crippen LogP contribution in [-0.2, 0) is 20.7 Å². The zero-order valence-corrected chi connectivity index (χ0v) is 16.9. The van der Waals surface area contributed by atoms with Gasteiger partial charge in [0.1, 0.15) is 5.82 Å². The van der Waals surface area contributed by atoms with Gasteiger partial charge in [-0.1, -0.05) is 28.1 Å². The SMILES string of the molecule is O=C(COC(=O)C12CC3CC(CC(Br)(C3)C1)C2)NCCc1ccc(F)cc1. The van der Waals surface area contributed by atoms with Crippen LogP contribution in [0.4, 0.5) is 4.39 Å². The molecule has 4 saturated carbocycles. The van der Waals surface area contributed by atoms with Gasteiger partial charge in [0.25, 0.3) is 5.91 Å². The number of nitrogens with one attached hydrogen (secondary N) is 1. The second-order valence-electron chi connectivity index (χ2n) is 8.69. The second kappa shape index (κ2) is 7.19. The van der Waals surface area contributed by atoms with E-state index in [0.29, 0.717) is 24.8 Å². The number of esters is 1. The second-order valence-corrected chi connectivity index (χ2v) is 10.4. The summed E-state index contributed by atoms with van der Waals surface area (Å²) in [5, 5.41) is 2.76. The van der Waals surface area contributed by atoms with Gasteiger partial charge in [0, 0.05) is 10.9 Å². The Balaban J connectivity index is 1.24. The lowest BCUT2D eigenvalue weighted by atomic mass is 9.49. The molecule has 146 valence electrons. The largest absolute Gasteiger partial charge is 0.455 e. The number of carbonyl (C=O) groups is 2. The van der Waals surface area contributed by atoms with Crippen molar-refractivity contribution in [1.82, 2.24) is 5.32 Å². The maximum Gasteiger partial charge on any atom is 0.312 e. The van der Waals surface area contributed by atoms with Gasteiger partial charge in [0.05, 0.1) is 5.41 Å². The number of benzene rings is 1. The molecule has 4 fully saturated rings. The molecule has 4 bridgehead atoms. The van der Waals surface area contributed by atoms with Crippen molar-refractivity contribution in [1.29, 1.82) is 0 Å². The molecule has 1 aromatic rings. The molecule has 4 aliphatic rings. The molecule has 0 spiro atoms. The Hall–Kier alpha value is -1.43. The van der Waals surface area contributed by atoms with Crippen molar-refractivity contribution in [3.63, 3.8) is 0 Å². The minimum absolute atomic E-state index is 0.0908. The summed E-state index contributed by atoms with van der Waals surface area (Å²) in [5.74, 6) is 0.438.